The van der Waals surface area contributed by atoms with Crippen LogP contribution in [0.1, 0.15) is 21.9 Å². The number of imidazole rings is 1. The van der Waals surface area contributed by atoms with Crippen LogP contribution in [0, 0.1) is 0 Å². The van der Waals surface area contributed by atoms with Crippen LogP contribution in [0.5, 0.6) is 0 Å². The molecule has 0 spiro atoms. The van der Waals surface area contributed by atoms with Gasteiger partial charge in [-0.1, -0.05) is 12.1 Å². The quantitative estimate of drug-likeness (QED) is 0.540. The molecule has 1 saturated heterocycles. The van der Waals surface area contributed by atoms with Crippen LogP contribution in [0.15, 0.2) is 40.6 Å². The van der Waals surface area contributed by atoms with Gasteiger partial charge in [0.2, 0.25) is 10.0 Å². The Morgan fingerprint density at radius 2 is 2.00 bits per heavy atom. The Labute approximate surface area is 178 Å². The Bertz CT molecular complexity index is 1070. The molecule has 0 bridgehead atoms. The number of sulfonamides is 1. The van der Waals surface area contributed by atoms with Crippen LogP contribution in [-0.2, 0) is 16.4 Å². The molecule has 2 aromatic heterocycles. The van der Waals surface area contributed by atoms with E-state index < -0.39 is 10.0 Å². The number of para-hydroxylation sites is 2. The largest absolute Gasteiger partial charge is 0.351 e. The van der Waals surface area contributed by atoms with E-state index in [1.165, 1.54) is 10.4 Å². The molecule has 10 heteroatoms. The van der Waals surface area contributed by atoms with E-state index in [0.29, 0.717) is 32.5 Å². The lowest BCUT2D eigenvalue weighted by Gasteiger charge is -2.25. The molecule has 0 aliphatic carbocycles. The maximum Gasteiger partial charge on any atom is 0.262 e. The van der Waals surface area contributed by atoms with Crippen molar-refractivity contribution in [1.82, 2.24) is 19.6 Å². The molecular weight excluding hydrogens is 428 g/mol. The average molecular weight is 451 g/mol. The summed E-state index contributed by atoms with van der Waals surface area (Å²) in [5.41, 5.74) is 1.92. The molecule has 29 heavy (non-hydrogen) atoms. The second-order valence-electron chi connectivity index (χ2n) is 6.69. The van der Waals surface area contributed by atoms with Crippen molar-refractivity contribution in [2.75, 3.05) is 31.1 Å². The molecule has 4 rings (SSSR count). The highest BCUT2D eigenvalue weighted by Crippen LogP contribution is 2.27. The van der Waals surface area contributed by atoms with E-state index >= 15 is 0 Å². The standard InChI is InChI=1S/C19H22N4O3S3/c24-19(20-8-3-6-17-21-14-4-1-2-5-15(14)22-17)18-16(7-11-28-18)29(25,26)23-9-12-27-13-10-23/h1-2,4-5,7,11H,3,6,8-10,12-13H2,(H,20,24)(H,21,22). The number of nitrogens with zero attached hydrogens (tertiary/aromatic N) is 2. The van der Waals surface area contributed by atoms with Gasteiger partial charge in [-0.05, 0) is 30.0 Å². The Balaban J connectivity index is 1.35. The predicted molar refractivity (Wildman–Crippen MR) is 117 cm³/mol. The van der Waals surface area contributed by atoms with Crippen molar-refractivity contribution in [1.29, 1.82) is 0 Å². The second kappa shape index (κ2) is 8.86. The number of nitrogens with one attached hydrogen (secondary N) is 2. The summed E-state index contributed by atoms with van der Waals surface area (Å²) in [6.45, 7) is 1.43. The van der Waals surface area contributed by atoms with Crippen LogP contribution < -0.4 is 5.32 Å². The zero-order valence-electron chi connectivity index (χ0n) is 15.8. The number of fused-ring (bicyclic) bond motifs is 1. The van der Waals surface area contributed by atoms with Gasteiger partial charge in [0.1, 0.15) is 15.6 Å². The van der Waals surface area contributed by atoms with E-state index in [0.717, 1.165) is 39.7 Å². The number of aromatic amines is 1. The third-order valence-electron chi connectivity index (χ3n) is 4.74. The Morgan fingerprint density at radius 1 is 1.21 bits per heavy atom. The molecule has 7 nitrogen and oxygen atoms in total. The lowest BCUT2D eigenvalue weighted by Crippen LogP contribution is -2.38. The Morgan fingerprint density at radius 3 is 2.79 bits per heavy atom. The first-order valence-corrected chi connectivity index (χ1v) is 12.9. The summed E-state index contributed by atoms with van der Waals surface area (Å²) in [4.78, 5) is 20.8. The Kier molecular flexibility index (Phi) is 6.23. The zero-order valence-corrected chi connectivity index (χ0v) is 18.2. The highest BCUT2D eigenvalue weighted by Gasteiger charge is 2.31. The SMILES string of the molecule is O=C(NCCCc1nc2ccccc2[nH]1)c1sccc1S(=O)(=O)N1CCSCC1. The van der Waals surface area contributed by atoms with Crippen LogP contribution in [0.4, 0.5) is 0 Å². The molecule has 0 radical (unpaired) electrons. The molecule has 1 amide bonds. The van der Waals surface area contributed by atoms with Gasteiger partial charge in [0.15, 0.2) is 0 Å². The molecule has 3 aromatic rings. The van der Waals surface area contributed by atoms with Crippen LogP contribution in [-0.4, -0.2) is 59.7 Å². The molecule has 1 fully saturated rings. The van der Waals surface area contributed by atoms with Crippen LogP contribution in [0.3, 0.4) is 0 Å². The molecule has 3 heterocycles. The van der Waals surface area contributed by atoms with Gasteiger partial charge in [0.25, 0.3) is 5.91 Å². The number of aromatic nitrogens is 2. The van der Waals surface area contributed by atoms with Crippen LogP contribution in [0.25, 0.3) is 11.0 Å². The van der Waals surface area contributed by atoms with E-state index in [-0.39, 0.29) is 15.7 Å². The molecule has 1 aliphatic rings. The summed E-state index contributed by atoms with van der Waals surface area (Å²) in [7, 11) is -3.63. The summed E-state index contributed by atoms with van der Waals surface area (Å²) < 4.78 is 27.3. The minimum Gasteiger partial charge on any atom is -0.351 e. The highest BCUT2D eigenvalue weighted by atomic mass is 32.2. The van der Waals surface area contributed by atoms with E-state index in [1.807, 2.05) is 24.3 Å². The van der Waals surface area contributed by atoms with Gasteiger partial charge >= 0.3 is 0 Å². The minimum absolute atomic E-state index is 0.115. The van der Waals surface area contributed by atoms with Crippen molar-refractivity contribution >= 4 is 50.1 Å². The number of thiophene rings is 1. The van der Waals surface area contributed by atoms with Gasteiger partial charge in [0, 0.05) is 37.6 Å². The van der Waals surface area contributed by atoms with Crippen molar-refractivity contribution in [3.63, 3.8) is 0 Å². The number of rotatable bonds is 7. The maximum atomic E-state index is 12.9. The number of H-pyrrole nitrogens is 1. The van der Waals surface area contributed by atoms with Gasteiger partial charge in [-0.15, -0.1) is 11.3 Å². The summed E-state index contributed by atoms with van der Waals surface area (Å²) in [6, 6.07) is 9.37. The van der Waals surface area contributed by atoms with E-state index in [9.17, 15) is 13.2 Å². The predicted octanol–water partition coefficient (Wildman–Crippen LogP) is 2.72. The highest BCUT2D eigenvalue weighted by molar-refractivity contribution is 7.99. The fourth-order valence-electron chi connectivity index (χ4n) is 3.25. The van der Waals surface area contributed by atoms with Crippen LogP contribution >= 0.6 is 23.1 Å². The number of hydrogen-bond acceptors (Lipinski definition) is 6. The van der Waals surface area contributed by atoms with Crippen molar-refractivity contribution < 1.29 is 13.2 Å². The molecule has 1 aromatic carbocycles. The monoisotopic (exact) mass is 450 g/mol. The summed E-state index contributed by atoms with van der Waals surface area (Å²) in [5.74, 6) is 2.11. The summed E-state index contributed by atoms with van der Waals surface area (Å²) in [6.07, 6.45) is 1.42. The van der Waals surface area contributed by atoms with E-state index in [2.05, 4.69) is 15.3 Å². The normalized spacial score (nSPS) is 15.6. The number of amides is 1. The fourth-order valence-corrected chi connectivity index (χ4v) is 7.15. The molecule has 0 atom stereocenters. The second-order valence-corrected chi connectivity index (χ2v) is 10.7. The average Bonchev–Trinajstić information content (AvgIpc) is 3.39. The summed E-state index contributed by atoms with van der Waals surface area (Å²) >= 11 is 2.91. The van der Waals surface area contributed by atoms with Crippen molar-refractivity contribution in [2.45, 2.75) is 17.7 Å². The molecule has 2 N–H and O–H groups in total. The molecule has 0 saturated carbocycles. The topological polar surface area (TPSA) is 95.2 Å². The minimum atomic E-state index is -3.63. The number of benzene rings is 1. The van der Waals surface area contributed by atoms with Crippen molar-refractivity contribution in [2.24, 2.45) is 0 Å². The van der Waals surface area contributed by atoms with Gasteiger partial charge < -0.3 is 10.3 Å². The molecule has 0 unspecified atom stereocenters. The lowest BCUT2D eigenvalue weighted by atomic mass is 10.3. The van der Waals surface area contributed by atoms with Gasteiger partial charge in [-0.25, -0.2) is 13.4 Å². The number of carbonyl (C=O) groups excluding carboxylic acids is 1. The number of aryl methyl sites for hydroxylation is 1. The van der Waals surface area contributed by atoms with E-state index in [4.69, 9.17) is 0 Å². The van der Waals surface area contributed by atoms with Gasteiger partial charge in [-0.3, -0.25) is 4.79 Å². The first-order valence-electron chi connectivity index (χ1n) is 9.43. The third kappa shape index (κ3) is 4.50. The first kappa shape index (κ1) is 20.4. The lowest BCUT2D eigenvalue weighted by molar-refractivity contribution is 0.0954. The maximum absolute atomic E-state index is 12.9. The van der Waals surface area contributed by atoms with Gasteiger partial charge in [0.05, 0.1) is 11.0 Å². The Hall–Kier alpha value is -1.88. The fraction of sp³-hybridized carbons (Fsp3) is 0.368. The van der Waals surface area contributed by atoms with Crippen LogP contribution in [0.2, 0.25) is 0 Å². The summed E-state index contributed by atoms with van der Waals surface area (Å²) in [5, 5.41) is 4.51. The smallest absolute Gasteiger partial charge is 0.262 e. The third-order valence-corrected chi connectivity index (χ3v) is 8.66. The van der Waals surface area contributed by atoms with Gasteiger partial charge in [-0.2, -0.15) is 16.1 Å². The van der Waals surface area contributed by atoms with E-state index in [1.54, 1.807) is 17.1 Å². The number of carbonyl (C=O) groups is 1. The molecule has 154 valence electrons. The number of hydrogen-bond donors (Lipinski definition) is 2. The molecular formula is C19H22N4O3S3. The van der Waals surface area contributed by atoms with Crippen molar-refractivity contribution in [3.05, 3.63) is 46.4 Å². The zero-order chi connectivity index (χ0) is 20.3. The first-order chi connectivity index (χ1) is 14.1. The molecule has 1 aliphatic heterocycles. The number of thioether (sulfide) groups is 1. The van der Waals surface area contributed by atoms with Crippen molar-refractivity contribution in [3.8, 4) is 0 Å².